The number of carbonyl (C=O) groups is 1. The van der Waals surface area contributed by atoms with Crippen LogP contribution >= 0.6 is 11.8 Å². The number of ether oxygens (including phenoxy) is 1. The summed E-state index contributed by atoms with van der Waals surface area (Å²) in [5, 5.41) is 9.53. The van der Waals surface area contributed by atoms with Gasteiger partial charge in [0.15, 0.2) is 0 Å². The first kappa shape index (κ1) is 13.3. The van der Waals surface area contributed by atoms with Crippen molar-refractivity contribution in [3.8, 4) is 5.75 Å². The first-order valence-corrected chi connectivity index (χ1v) is 7.50. The summed E-state index contributed by atoms with van der Waals surface area (Å²) < 4.78 is 5.64. The minimum Gasteiger partial charge on any atom is -0.492 e. The molecular weight excluding hydrogens is 248 g/mol. The molecule has 0 radical (unpaired) electrons. The molecule has 0 amide bonds. The molecule has 4 heteroatoms. The second-order valence-electron chi connectivity index (χ2n) is 4.76. The number of para-hydroxylation sites is 1. The molecule has 1 unspecified atom stereocenters. The van der Waals surface area contributed by atoms with Crippen LogP contribution in [0.5, 0.6) is 5.75 Å². The Morgan fingerprint density at radius 2 is 2.28 bits per heavy atom. The summed E-state index contributed by atoms with van der Waals surface area (Å²) in [6.07, 6.45) is 4.21. The molecule has 0 saturated carbocycles. The van der Waals surface area contributed by atoms with E-state index < -0.39 is 11.4 Å². The number of fused-ring (bicyclic) bond motifs is 1. The highest BCUT2D eigenvalue weighted by molar-refractivity contribution is 7.98. The molecule has 1 atom stereocenters. The molecule has 1 aromatic carbocycles. The van der Waals surface area contributed by atoms with Gasteiger partial charge in [0.25, 0.3) is 0 Å². The van der Waals surface area contributed by atoms with Crippen molar-refractivity contribution in [2.45, 2.75) is 19.3 Å². The zero-order valence-electron chi connectivity index (χ0n) is 10.5. The quantitative estimate of drug-likeness (QED) is 0.832. The van der Waals surface area contributed by atoms with Crippen molar-refractivity contribution < 1.29 is 14.6 Å². The van der Waals surface area contributed by atoms with Crippen molar-refractivity contribution in [3.05, 3.63) is 29.8 Å². The third kappa shape index (κ3) is 2.64. The van der Waals surface area contributed by atoms with E-state index in [1.807, 2.05) is 30.5 Å². The average molecular weight is 266 g/mol. The van der Waals surface area contributed by atoms with Crippen LogP contribution in [0.3, 0.4) is 0 Å². The zero-order chi connectivity index (χ0) is 13.0. The monoisotopic (exact) mass is 266 g/mol. The van der Waals surface area contributed by atoms with Crippen LogP contribution in [0.4, 0.5) is 0 Å². The van der Waals surface area contributed by atoms with Gasteiger partial charge in [-0.2, -0.15) is 11.8 Å². The minimum absolute atomic E-state index is 0.285. The van der Waals surface area contributed by atoms with Crippen molar-refractivity contribution in [1.82, 2.24) is 0 Å². The molecule has 3 nitrogen and oxygen atoms in total. The van der Waals surface area contributed by atoms with Gasteiger partial charge in [-0.15, -0.1) is 0 Å². The maximum atomic E-state index is 11.6. The Bertz CT molecular complexity index is 433. The van der Waals surface area contributed by atoms with Gasteiger partial charge in [0, 0.05) is 0 Å². The van der Waals surface area contributed by atoms with Crippen LogP contribution in [-0.2, 0) is 11.2 Å². The predicted octanol–water partition coefficient (Wildman–Crippen LogP) is 2.84. The van der Waals surface area contributed by atoms with E-state index in [-0.39, 0.29) is 6.61 Å². The Labute approximate surface area is 112 Å². The number of hydrogen-bond acceptors (Lipinski definition) is 3. The van der Waals surface area contributed by atoms with Gasteiger partial charge in [-0.25, -0.2) is 0 Å². The Morgan fingerprint density at radius 3 is 3.00 bits per heavy atom. The average Bonchev–Trinajstić information content (AvgIpc) is 2.38. The van der Waals surface area contributed by atoms with Crippen LogP contribution in [0.2, 0.25) is 0 Å². The van der Waals surface area contributed by atoms with Crippen molar-refractivity contribution in [1.29, 1.82) is 0 Å². The van der Waals surface area contributed by atoms with E-state index in [9.17, 15) is 9.90 Å². The molecule has 0 aromatic heterocycles. The topological polar surface area (TPSA) is 46.5 Å². The lowest BCUT2D eigenvalue weighted by Gasteiger charge is -2.34. The van der Waals surface area contributed by atoms with Gasteiger partial charge in [0.2, 0.25) is 0 Å². The number of thioether (sulfide) groups is 1. The van der Waals surface area contributed by atoms with Gasteiger partial charge in [-0.05, 0) is 42.9 Å². The molecule has 18 heavy (non-hydrogen) atoms. The first-order valence-electron chi connectivity index (χ1n) is 6.11. The third-order valence-electron chi connectivity index (χ3n) is 3.46. The van der Waals surface area contributed by atoms with Gasteiger partial charge in [-0.1, -0.05) is 18.2 Å². The van der Waals surface area contributed by atoms with Crippen LogP contribution < -0.4 is 4.74 Å². The number of hydrogen-bond donors (Lipinski definition) is 1. The van der Waals surface area contributed by atoms with Gasteiger partial charge >= 0.3 is 5.97 Å². The van der Waals surface area contributed by atoms with Crippen molar-refractivity contribution >= 4 is 17.7 Å². The maximum absolute atomic E-state index is 11.6. The Hall–Kier alpha value is -1.16. The molecule has 1 aliphatic rings. The molecular formula is C14H18O3S. The van der Waals surface area contributed by atoms with Gasteiger partial charge in [0.05, 0.1) is 0 Å². The molecule has 1 aromatic rings. The van der Waals surface area contributed by atoms with Crippen LogP contribution in [0.1, 0.15) is 18.4 Å². The molecule has 98 valence electrons. The summed E-state index contributed by atoms with van der Waals surface area (Å²) in [5.74, 6) is 1.09. The molecule has 0 bridgehead atoms. The molecule has 0 spiro atoms. The Morgan fingerprint density at radius 1 is 1.50 bits per heavy atom. The molecule has 0 saturated heterocycles. The third-order valence-corrected chi connectivity index (χ3v) is 4.16. The van der Waals surface area contributed by atoms with E-state index in [1.54, 1.807) is 11.8 Å². The summed E-state index contributed by atoms with van der Waals surface area (Å²) in [7, 11) is 0. The molecule has 1 N–H and O–H groups in total. The summed E-state index contributed by atoms with van der Waals surface area (Å²) in [5.41, 5.74) is 0.264. The van der Waals surface area contributed by atoms with E-state index in [4.69, 9.17) is 4.74 Å². The van der Waals surface area contributed by atoms with E-state index in [0.29, 0.717) is 12.8 Å². The lowest BCUT2D eigenvalue weighted by molar-refractivity contribution is -0.152. The van der Waals surface area contributed by atoms with Crippen LogP contribution in [-0.4, -0.2) is 29.7 Å². The number of rotatable bonds is 5. The molecule has 0 aliphatic carbocycles. The second kappa shape index (κ2) is 5.65. The summed E-state index contributed by atoms with van der Waals surface area (Å²) in [6.45, 7) is 0.285. The largest absolute Gasteiger partial charge is 0.492 e. The normalized spacial score (nSPS) is 22.1. The van der Waals surface area contributed by atoms with Crippen molar-refractivity contribution in [3.63, 3.8) is 0 Å². The van der Waals surface area contributed by atoms with Crippen molar-refractivity contribution in [2.75, 3.05) is 18.6 Å². The van der Waals surface area contributed by atoms with E-state index >= 15 is 0 Å². The number of carboxylic acids is 1. The lowest BCUT2D eigenvalue weighted by Crippen LogP contribution is -2.42. The molecule has 2 rings (SSSR count). The standard InChI is InChI=1S/C14H18O3S/c1-18-8-4-7-14(13(15)16)9-11-5-2-3-6-12(11)17-10-14/h2-3,5-6H,4,7-10H2,1H3,(H,15,16). The SMILES string of the molecule is CSCCCC1(C(=O)O)COc2ccccc2C1. The van der Waals surface area contributed by atoms with Crippen LogP contribution in [0, 0.1) is 5.41 Å². The Kier molecular flexibility index (Phi) is 4.17. The van der Waals surface area contributed by atoms with E-state index in [0.717, 1.165) is 23.5 Å². The van der Waals surface area contributed by atoms with E-state index in [1.165, 1.54) is 0 Å². The maximum Gasteiger partial charge on any atom is 0.313 e. The highest BCUT2D eigenvalue weighted by Gasteiger charge is 2.42. The van der Waals surface area contributed by atoms with Crippen molar-refractivity contribution in [2.24, 2.45) is 5.41 Å². The Balaban J connectivity index is 2.16. The summed E-state index contributed by atoms with van der Waals surface area (Å²) in [6, 6.07) is 7.71. The van der Waals surface area contributed by atoms with Gasteiger partial charge < -0.3 is 9.84 Å². The minimum atomic E-state index is -0.746. The highest BCUT2D eigenvalue weighted by Crippen LogP contribution is 2.38. The fourth-order valence-electron chi connectivity index (χ4n) is 2.38. The molecule has 1 heterocycles. The number of aliphatic carboxylic acids is 1. The van der Waals surface area contributed by atoms with E-state index in [2.05, 4.69) is 0 Å². The summed E-state index contributed by atoms with van der Waals surface area (Å²) in [4.78, 5) is 11.6. The lowest BCUT2D eigenvalue weighted by atomic mass is 9.77. The van der Waals surface area contributed by atoms with Gasteiger partial charge in [0.1, 0.15) is 17.8 Å². The predicted molar refractivity (Wildman–Crippen MR) is 73.3 cm³/mol. The summed E-state index contributed by atoms with van der Waals surface area (Å²) >= 11 is 1.75. The second-order valence-corrected chi connectivity index (χ2v) is 5.74. The fraction of sp³-hybridized carbons (Fsp3) is 0.500. The van der Waals surface area contributed by atoms with Gasteiger partial charge in [-0.3, -0.25) is 4.79 Å². The van der Waals surface area contributed by atoms with Crippen LogP contribution in [0.25, 0.3) is 0 Å². The highest BCUT2D eigenvalue weighted by atomic mass is 32.2. The smallest absolute Gasteiger partial charge is 0.313 e. The molecule has 1 aliphatic heterocycles. The molecule has 0 fully saturated rings. The first-order chi connectivity index (χ1) is 8.68. The zero-order valence-corrected chi connectivity index (χ0v) is 11.3. The van der Waals surface area contributed by atoms with Crippen LogP contribution in [0.15, 0.2) is 24.3 Å². The number of benzene rings is 1. The number of carboxylic acid groups (broad SMARTS) is 1. The fourth-order valence-corrected chi connectivity index (χ4v) is 2.81.